The van der Waals surface area contributed by atoms with E-state index in [2.05, 4.69) is 34.3 Å². The number of benzene rings is 3. The average molecular weight is 488 g/mol. The molecule has 1 amide bonds. The van der Waals surface area contributed by atoms with E-state index in [1.54, 1.807) is 24.3 Å². The molecule has 0 saturated carbocycles. The summed E-state index contributed by atoms with van der Waals surface area (Å²) in [5.41, 5.74) is 3.53. The van der Waals surface area contributed by atoms with Crippen LogP contribution >= 0.6 is 0 Å². The summed E-state index contributed by atoms with van der Waals surface area (Å²) in [6.07, 6.45) is 3.06. The smallest absolute Gasteiger partial charge is 0.248 e. The van der Waals surface area contributed by atoms with Crippen LogP contribution in [0.5, 0.6) is 17.2 Å². The number of ether oxygens (including phenoxy) is 2. The summed E-state index contributed by atoms with van der Waals surface area (Å²) in [6, 6.07) is 20.8. The number of carbonyl (C=O) groups is 1. The Morgan fingerprint density at radius 2 is 1.78 bits per heavy atom. The summed E-state index contributed by atoms with van der Waals surface area (Å²) in [6.45, 7) is 5.69. The number of likely N-dealkylation sites (N-methyl/N-ethyl adjacent to an activating group) is 1. The number of anilines is 1. The quantitative estimate of drug-likeness (QED) is 0.437. The lowest BCUT2D eigenvalue weighted by Crippen LogP contribution is -2.43. The van der Waals surface area contributed by atoms with Crippen LogP contribution in [0.3, 0.4) is 0 Å². The van der Waals surface area contributed by atoms with Gasteiger partial charge >= 0.3 is 0 Å². The van der Waals surface area contributed by atoms with E-state index in [9.17, 15) is 9.90 Å². The van der Waals surface area contributed by atoms with E-state index < -0.39 is 0 Å². The van der Waals surface area contributed by atoms with Gasteiger partial charge in [0.05, 0.1) is 7.11 Å². The zero-order chi connectivity index (χ0) is 25.3. The minimum Gasteiger partial charge on any atom is -0.504 e. The molecule has 0 radical (unpaired) electrons. The highest BCUT2D eigenvalue weighted by Crippen LogP contribution is 2.27. The molecule has 1 aliphatic heterocycles. The number of aromatic hydroxyl groups is 1. The van der Waals surface area contributed by atoms with Gasteiger partial charge in [-0.2, -0.15) is 0 Å². The Bertz CT molecular complexity index is 1190. The normalized spacial score (nSPS) is 14.6. The van der Waals surface area contributed by atoms with Crippen LogP contribution in [0.15, 0.2) is 72.8 Å². The maximum Gasteiger partial charge on any atom is 0.248 e. The molecule has 4 rings (SSSR count). The van der Waals surface area contributed by atoms with Gasteiger partial charge < -0.3 is 24.8 Å². The molecule has 0 atom stereocenters. The summed E-state index contributed by atoms with van der Waals surface area (Å²) < 4.78 is 11.1. The number of piperazine rings is 1. The van der Waals surface area contributed by atoms with Gasteiger partial charge in [-0.05, 0) is 54.6 Å². The first kappa shape index (κ1) is 25.3. The monoisotopic (exact) mass is 487 g/mol. The SMILES string of the molecule is COc1ccc(/C=C/C(=O)Nc2ccccc2COc2ccc(CN3CCN(C)CC3)cc2)cc1O. The van der Waals surface area contributed by atoms with Gasteiger partial charge in [-0.3, -0.25) is 9.69 Å². The van der Waals surface area contributed by atoms with Gasteiger partial charge in [0, 0.05) is 50.1 Å². The molecule has 1 fully saturated rings. The number of rotatable bonds is 9. The molecule has 36 heavy (non-hydrogen) atoms. The lowest BCUT2D eigenvalue weighted by Gasteiger charge is -2.32. The lowest BCUT2D eigenvalue weighted by atomic mass is 10.1. The van der Waals surface area contributed by atoms with Crippen molar-refractivity contribution in [1.82, 2.24) is 9.80 Å². The lowest BCUT2D eigenvalue weighted by molar-refractivity contribution is -0.111. The summed E-state index contributed by atoms with van der Waals surface area (Å²) in [5, 5.41) is 12.8. The molecule has 1 saturated heterocycles. The minimum atomic E-state index is -0.272. The van der Waals surface area contributed by atoms with E-state index in [1.807, 2.05) is 36.4 Å². The van der Waals surface area contributed by atoms with Gasteiger partial charge in [0.25, 0.3) is 0 Å². The van der Waals surface area contributed by atoms with Crippen LogP contribution in [-0.2, 0) is 17.9 Å². The third kappa shape index (κ3) is 7.10. The van der Waals surface area contributed by atoms with E-state index in [4.69, 9.17) is 9.47 Å². The third-order valence-electron chi connectivity index (χ3n) is 6.23. The van der Waals surface area contributed by atoms with Crippen molar-refractivity contribution in [2.45, 2.75) is 13.2 Å². The van der Waals surface area contributed by atoms with Crippen LogP contribution in [0, 0.1) is 0 Å². The molecule has 3 aromatic rings. The van der Waals surface area contributed by atoms with Crippen LogP contribution in [0.4, 0.5) is 5.69 Å². The zero-order valence-corrected chi connectivity index (χ0v) is 20.8. The molecule has 0 bridgehead atoms. The van der Waals surface area contributed by atoms with E-state index in [0.717, 1.165) is 44.0 Å². The highest BCUT2D eigenvalue weighted by atomic mass is 16.5. The van der Waals surface area contributed by atoms with Crippen molar-refractivity contribution in [2.75, 3.05) is 45.7 Å². The number of hydrogen-bond acceptors (Lipinski definition) is 6. The molecule has 2 N–H and O–H groups in total. The van der Waals surface area contributed by atoms with Crippen molar-refractivity contribution < 1.29 is 19.4 Å². The van der Waals surface area contributed by atoms with Gasteiger partial charge in [0.2, 0.25) is 5.91 Å². The molecule has 0 aliphatic carbocycles. The Labute approximate surface area is 212 Å². The molecule has 7 heteroatoms. The van der Waals surface area contributed by atoms with Gasteiger partial charge in [-0.25, -0.2) is 0 Å². The predicted octanol–water partition coefficient (Wildman–Crippen LogP) is 4.38. The number of amides is 1. The summed E-state index contributed by atoms with van der Waals surface area (Å²) >= 11 is 0. The largest absolute Gasteiger partial charge is 0.504 e. The Balaban J connectivity index is 1.31. The molecule has 188 valence electrons. The topological polar surface area (TPSA) is 74.3 Å². The minimum absolute atomic E-state index is 0.0231. The van der Waals surface area contributed by atoms with Crippen LogP contribution < -0.4 is 14.8 Å². The first-order valence-corrected chi connectivity index (χ1v) is 12.1. The summed E-state index contributed by atoms with van der Waals surface area (Å²) in [7, 11) is 3.66. The molecule has 3 aromatic carbocycles. The fraction of sp³-hybridized carbons (Fsp3) is 0.276. The second-order valence-electron chi connectivity index (χ2n) is 8.92. The van der Waals surface area contributed by atoms with E-state index in [-0.39, 0.29) is 11.7 Å². The standard InChI is InChI=1S/C29H33N3O4/c1-31-15-17-32(18-16-31)20-23-7-11-25(12-8-23)36-21-24-5-3-4-6-26(24)30-29(34)14-10-22-9-13-28(35-2)27(33)19-22/h3-14,19,33H,15-18,20-21H2,1-2H3,(H,30,34)/b14-10+. The van der Waals surface area contributed by atoms with Gasteiger partial charge in [0.15, 0.2) is 11.5 Å². The van der Waals surface area contributed by atoms with E-state index in [0.29, 0.717) is 23.6 Å². The first-order chi connectivity index (χ1) is 17.5. The molecular weight excluding hydrogens is 454 g/mol. The number of nitrogens with zero attached hydrogens (tertiary/aromatic N) is 2. The number of methoxy groups -OCH3 is 1. The second-order valence-corrected chi connectivity index (χ2v) is 8.92. The molecule has 0 spiro atoms. The van der Waals surface area contributed by atoms with Crippen LogP contribution in [0.25, 0.3) is 6.08 Å². The number of hydrogen-bond donors (Lipinski definition) is 2. The van der Waals surface area contributed by atoms with Crippen LogP contribution in [-0.4, -0.2) is 61.2 Å². The fourth-order valence-corrected chi connectivity index (χ4v) is 4.04. The van der Waals surface area contributed by atoms with E-state index >= 15 is 0 Å². The van der Waals surface area contributed by atoms with E-state index in [1.165, 1.54) is 18.7 Å². The first-order valence-electron chi connectivity index (χ1n) is 12.1. The third-order valence-corrected chi connectivity index (χ3v) is 6.23. The zero-order valence-electron chi connectivity index (χ0n) is 20.8. The number of phenols is 1. The Morgan fingerprint density at radius 3 is 2.50 bits per heavy atom. The maximum atomic E-state index is 12.5. The van der Waals surface area contributed by atoms with Gasteiger partial charge in [-0.1, -0.05) is 36.4 Å². The molecule has 1 aliphatic rings. The maximum absolute atomic E-state index is 12.5. The van der Waals surface area contributed by atoms with Crippen molar-refractivity contribution in [1.29, 1.82) is 0 Å². The Morgan fingerprint density at radius 1 is 1.03 bits per heavy atom. The van der Waals surface area contributed by atoms with Crippen molar-refractivity contribution >= 4 is 17.7 Å². The molecule has 0 aromatic heterocycles. The highest BCUT2D eigenvalue weighted by molar-refractivity contribution is 6.02. The number of para-hydroxylation sites is 1. The van der Waals surface area contributed by atoms with Crippen molar-refractivity contribution in [3.05, 3.63) is 89.5 Å². The molecule has 0 unspecified atom stereocenters. The number of nitrogens with one attached hydrogen (secondary N) is 1. The van der Waals surface area contributed by atoms with Gasteiger partial charge in [0.1, 0.15) is 12.4 Å². The van der Waals surface area contributed by atoms with Gasteiger partial charge in [-0.15, -0.1) is 0 Å². The van der Waals surface area contributed by atoms with Crippen molar-refractivity contribution in [2.24, 2.45) is 0 Å². The number of carbonyl (C=O) groups excluding carboxylic acids is 1. The fourth-order valence-electron chi connectivity index (χ4n) is 4.04. The summed E-state index contributed by atoms with van der Waals surface area (Å²) in [4.78, 5) is 17.3. The molecule has 7 nitrogen and oxygen atoms in total. The van der Waals surface area contributed by atoms with Crippen LogP contribution in [0.2, 0.25) is 0 Å². The Kier molecular flexibility index (Phi) is 8.60. The van der Waals surface area contributed by atoms with Crippen LogP contribution in [0.1, 0.15) is 16.7 Å². The van der Waals surface area contributed by atoms with Crippen molar-refractivity contribution in [3.8, 4) is 17.2 Å². The Hall–Kier alpha value is -3.81. The summed E-state index contributed by atoms with van der Waals surface area (Å²) in [5.74, 6) is 0.925. The highest BCUT2D eigenvalue weighted by Gasteiger charge is 2.14. The number of phenolic OH excluding ortho intramolecular Hbond substituents is 1. The second kappa shape index (κ2) is 12.2. The molecular formula is C29H33N3O4. The average Bonchev–Trinajstić information content (AvgIpc) is 2.89. The molecule has 1 heterocycles. The predicted molar refractivity (Wildman–Crippen MR) is 142 cm³/mol. The van der Waals surface area contributed by atoms with Crippen molar-refractivity contribution in [3.63, 3.8) is 0 Å².